The lowest BCUT2D eigenvalue weighted by molar-refractivity contribution is -0.126. The predicted molar refractivity (Wildman–Crippen MR) is 89.8 cm³/mol. The molecule has 2 heterocycles. The number of hydrogen-bond donors (Lipinski definition) is 2. The molecule has 5 heteroatoms. The van der Waals surface area contributed by atoms with Crippen LogP contribution in [-0.4, -0.2) is 30.5 Å². The van der Waals surface area contributed by atoms with E-state index in [0.717, 1.165) is 35.8 Å². The van der Waals surface area contributed by atoms with Gasteiger partial charge in [0.2, 0.25) is 5.91 Å². The number of thiazole rings is 1. The third kappa shape index (κ3) is 3.54. The van der Waals surface area contributed by atoms with Crippen LogP contribution in [0.5, 0.6) is 0 Å². The van der Waals surface area contributed by atoms with Crippen LogP contribution in [0.3, 0.4) is 0 Å². The maximum Gasteiger partial charge on any atom is 0.223 e. The van der Waals surface area contributed by atoms with Gasteiger partial charge in [-0.1, -0.05) is 37.3 Å². The molecular weight excluding hydrogens is 294 g/mol. The smallest absolute Gasteiger partial charge is 0.223 e. The predicted octanol–water partition coefficient (Wildman–Crippen LogP) is 2.32. The van der Waals surface area contributed by atoms with Crippen molar-refractivity contribution in [2.45, 2.75) is 13.3 Å². The van der Waals surface area contributed by atoms with Crippen molar-refractivity contribution in [3.63, 3.8) is 0 Å². The molecule has 1 amide bonds. The van der Waals surface area contributed by atoms with E-state index >= 15 is 0 Å². The highest BCUT2D eigenvalue weighted by Gasteiger charge is 2.28. The van der Waals surface area contributed by atoms with Crippen LogP contribution in [0.25, 0.3) is 10.6 Å². The van der Waals surface area contributed by atoms with E-state index in [0.29, 0.717) is 12.5 Å². The van der Waals surface area contributed by atoms with E-state index in [4.69, 9.17) is 0 Å². The molecule has 0 spiro atoms. The van der Waals surface area contributed by atoms with Gasteiger partial charge in [-0.3, -0.25) is 4.79 Å². The summed E-state index contributed by atoms with van der Waals surface area (Å²) in [4.78, 5) is 16.7. The highest BCUT2D eigenvalue weighted by Crippen LogP contribution is 2.23. The van der Waals surface area contributed by atoms with Gasteiger partial charge in [-0.05, 0) is 19.0 Å². The Morgan fingerprint density at radius 3 is 2.86 bits per heavy atom. The summed E-state index contributed by atoms with van der Waals surface area (Å²) in [6.45, 7) is 4.58. The van der Waals surface area contributed by atoms with E-state index in [1.807, 2.05) is 25.1 Å². The van der Waals surface area contributed by atoms with Crippen molar-refractivity contribution >= 4 is 17.2 Å². The number of carbonyl (C=O) groups excluding carboxylic acids is 1. The maximum absolute atomic E-state index is 12.0. The Balaban J connectivity index is 1.48. The van der Waals surface area contributed by atoms with Crippen LogP contribution in [0.1, 0.15) is 12.6 Å². The Bertz CT molecular complexity index is 622. The second kappa shape index (κ2) is 7.03. The second-order valence-electron chi connectivity index (χ2n) is 5.76. The van der Waals surface area contributed by atoms with Crippen molar-refractivity contribution in [2.75, 3.05) is 19.6 Å². The van der Waals surface area contributed by atoms with Gasteiger partial charge in [-0.25, -0.2) is 4.98 Å². The van der Waals surface area contributed by atoms with E-state index in [2.05, 4.69) is 33.1 Å². The van der Waals surface area contributed by atoms with Crippen LogP contribution >= 0.6 is 11.3 Å². The molecule has 0 radical (unpaired) electrons. The minimum atomic E-state index is 0.0940. The molecule has 3 rings (SSSR count). The van der Waals surface area contributed by atoms with E-state index in [-0.39, 0.29) is 11.8 Å². The Kier molecular flexibility index (Phi) is 4.85. The molecule has 1 aromatic carbocycles. The number of rotatable bonds is 6. The van der Waals surface area contributed by atoms with Gasteiger partial charge in [0, 0.05) is 29.8 Å². The molecule has 1 atom stereocenters. The van der Waals surface area contributed by atoms with Crippen molar-refractivity contribution < 1.29 is 4.79 Å². The van der Waals surface area contributed by atoms with Gasteiger partial charge in [-0.2, -0.15) is 0 Å². The molecule has 0 bridgehead atoms. The second-order valence-corrected chi connectivity index (χ2v) is 6.62. The Labute approximate surface area is 135 Å². The monoisotopic (exact) mass is 315 g/mol. The summed E-state index contributed by atoms with van der Waals surface area (Å²) in [5, 5.41) is 9.35. The van der Waals surface area contributed by atoms with Crippen molar-refractivity contribution in [3.8, 4) is 10.6 Å². The fourth-order valence-corrected chi connectivity index (χ4v) is 3.35. The molecule has 2 aromatic rings. The molecule has 1 fully saturated rings. The molecule has 1 unspecified atom stereocenters. The summed E-state index contributed by atoms with van der Waals surface area (Å²) >= 11 is 1.65. The fraction of sp³-hybridized carbons (Fsp3) is 0.412. The molecule has 0 saturated carbocycles. The molecule has 4 nitrogen and oxygen atoms in total. The lowest BCUT2D eigenvalue weighted by atomic mass is 9.88. The Morgan fingerprint density at radius 1 is 1.41 bits per heavy atom. The summed E-state index contributed by atoms with van der Waals surface area (Å²) in [5.74, 6) is 0.741. The molecule has 1 aliphatic heterocycles. The Morgan fingerprint density at radius 2 is 2.18 bits per heavy atom. The summed E-state index contributed by atoms with van der Waals surface area (Å²) in [6, 6.07) is 10.2. The zero-order chi connectivity index (χ0) is 15.4. The average molecular weight is 315 g/mol. The normalized spacial score (nSPS) is 16.0. The van der Waals surface area contributed by atoms with E-state index < -0.39 is 0 Å². The van der Waals surface area contributed by atoms with E-state index in [1.54, 1.807) is 11.3 Å². The number of aromatic nitrogens is 1. The van der Waals surface area contributed by atoms with Crippen LogP contribution in [0.2, 0.25) is 0 Å². The Hall–Kier alpha value is -1.72. The van der Waals surface area contributed by atoms with E-state index in [1.165, 1.54) is 0 Å². The molecule has 1 aromatic heterocycles. The number of hydrogen-bond acceptors (Lipinski definition) is 4. The van der Waals surface area contributed by atoms with Crippen molar-refractivity contribution in [1.29, 1.82) is 0 Å². The third-order valence-corrected chi connectivity index (χ3v) is 5.13. The average Bonchev–Trinajstić information content (AvgIpc) is 2.95. The number of nitrogens with zero attached hydrogens (tertiary/aromatic N) is 1. The number of carbonyl (C=O) groups is 1. The van der Waals surface area contributed by atoms with Crippen LogP contribution < -0.4 is 10.6 Å². The largest absolute Gasteiger partial charge is 0.355 e. The van der Waals surface area contributed by atoms with Gasteiger partial charge in [-0.15, -0.1) is 11.3 Å². The molecule has 22 heavy (non-hydrogen) atoms. The molecule has 116 valence electrons. The van der Waals surface area contributed by atoms with Gasteiger partial charge in [0.25, 0.3) is 0 Å². The molecular formula is C17H21N3OS. The van der Waals surface area contributed by atoms with Crippen LogP contribution in [0.15, 0.2) is 35.7 Å². The van der Waals surface area contributed by atoms with Crippen molar-refractivity contribution in [1.82, 2.24) is 15.6 Å². The summed E-state index contributed by atoms with van der Waals surface area (Å²) < 4.78 is 0. The minimum absolute atomic E-state index is 0.0940. The van der Waals surface area contributed by atoms with Crippen LogP contribution in [0, 0.1) is 11.8 Å². The lowest BCUT2D eigenvalue weighted by Crippen LogP contribution is -2.49. The summed E-state index contributed by atoms with van der Waals surface area (Å²) in [7, 11) is 0. The molecule has 1 saturated heterocycles. The first-order valence-corrected chi connectivity index (χ1v) is 8.60. The molecule has 2 N–H and O–H groups in total. The fourth-order valence-electron chi connectivity index (χ4n) is 2.49. The highest BCUT2D eigenvalue weighted by atomic mass is 32.1. The quantitative estimate of drug-likeness (QED) is 0.860. The zero-order valence-corrected chi connectivity index (χ0v) is 13.5. The summed E-state index contributed by atoms with van der Waals surface area (Å²) in [6.07, 6.45) is 0.782. The van der Waals surface area contributed by atoms with Gasteiger partial charge in [0.15, 0.2) is 0 Å². The van der Waals surface area contributed by atoms with E-state index in [9.17, 15) is 4.79 Å². The first kappa shape index (κ1) is 15.2. The SMILES string of the molecule is CC(C(=O)NCCc1csc(-c2ccccc2)n1)C1CNC1. The minimum Gasteiger partial charge on any atom is -0.355 e. The highest BCUT2D eigenvalue weighted by molar-refractivity contribution is 7.13. The number of amides is 1. The van der Waals surface area contributed by atoms with Gasteiger partial charge < -0.3 is 10.6 Å². The van der Waals surface area contributed by atoms with Crippen LogP contribution in [0.4, 0.5) is 0 Å². The topological polar surface area (TPSA) is 54.0 Å². The standard InChI is InChI=1S/C17H21N3OS/c1-12(14-9-18-10-14)16(21)19-8-7-15-11-22-17(20-15)13-5-3-2-4-6-13/h2-6,11-12,14,18H,7-10H2,1H3,(H,19,21). The maximum atomic E-state index is 12.0. The van der Waals surface area contributed by atoms with Gasteiger partial charge in [0.05, 0.1) is 5.69 Å². The molecule has 1 aliphatic rings. The number of benzene rings is 1. The van der Waals surface area contributed by atoms with Gasteiger partial charge >= 0.3 is 0 Å². The lowest BCUT2D eigenvalue weighted by Gasteiger charge is -2.31. The third-order valence-electron chi connectivity index (χ3n) is 4.19. The van der Waals surface area contributed by atoms with Crippen molar-refractivity contribution in [2.24, 2.45) is 11.8 Å². The van der Waals surface area contributed by atoms with Gasteiger partial charge in [0.1, 0.15) is 5.01 Å². The zero-order valence-electron chi connectivity index (χ0n) is 12.7. The molecule has 0 aliphatic carbocycles. The van der Waals surface area contributed by atoms with Crippen molar-refractivity contribution in [3.05, 3.63) is 41.4 Å². The van der Waals surface area contributed by atoms with Crippen LogP contribution in [-0.2, 0) is 11.2 Å². The first-order chi connectivity index (χ1) is 10.7. The summed E-state index contributed by atoms with van der Waals surface area (Å²) in [5.41, 5.74) is 2.19. The number of nitrogens with one attached hydrogen (secondary N) is 2. The first-order valence-electron chi connectivity index (χ1n) is 7.72.